The summed E-state index contributed by atoms with van der Waals surface area (Å²) in [5.74, 6) is 0. The van der Waals surface area contributed by atoms with Crippen LogP contribution in [0.5, 0.6) is 0 Å². The average Bonchev–Trinajstić information content (AvgIpc) is 2.97. The van der Waals surface area contributed by atoms with Crippen LogP contribution in [0, 0.1) is 6.92 Å². The van der Waals surface area contributed by atoms with Crippen molar-refractivity contribution in [1.82, 2.24) is 4.98 Å². The fourth-order valence-corrected chi connectivity index (χ4v) is 4.55. The second-order valence-electron chi connectivity index (χ2n) is 3.69. The Morgan fingerprint density at radius 2 is 2.21 bits per heavy atom. The number of nitrogens with one attached hydrogen (secondary N) is 1. The van der Waals surface area contributed by atoms with E-state index in [9.17, 15) is 8.42 Å². The number of thiophene rings is 1. The van der Waals surface area contributed by atoms with Crippen molar-refractivity contribution in [3.05, 3.63) is 28.1 Å². The first kappa shape index (κ1) is 14.0. The topological polar surface area (TPSA) is 91.7 Å². The van der Waals surface area contributed by atoms with Gasteiger partial charge >= 0.3 is 0 Å². The molecule has 0 bridgehead atoms. The lowest BCUT2D eigenvalue weighted by Gasteiger charge is -2.01. The van der Waals surface area contributed by atoms with Gasteiger partial charge in [0.1, 0.15) is 15.6 Å². The Bertz CT molecular complexity index is 715. The number of aryl methyl sites for hydroxylation is 1. The minimum Gasteiger partial charge on any atom is -0.411 e. The molecular weight excluding hydrogens is 306 g/mol. The molecule has 102 valence electrons. The van der Waals surface area contributed by atoms with Crippen molar-refractivity contribution >= 4 is 43.5 Å². The zero-order valence-corrected chi connectivity index (χ0v) is 12.6. The van der Waals surface area contributed by atoms with E-state index in [2.05, 4.69) is 14.9 Å². The summed E-state index contributed by atoms with van der Waals surface area (Å²) in [7, 11) is -3.60. The largest absolute Gasteiger partial charge is 0.411 e. The molecule has 0 fully saturated rings. The number of oxime groups is 1. The van der Waals surface area contributed by atoms with Crippen molar-refractivity contribution in [2.24, 2.45) is 5.16 Å². The Hall–Kier alpha value is -1.45. The first-order chi connectivity index (χ1) is 8.92. The van der Waals surface area contributed by atoms with Gasteiger partial charge in [-0.15, -0.1) is 22.7 Å². The van der Waals surface area contributed by atoms with E-state index in [1.54, 1.807) is 24.4 Å². The summed E-state index contributed by atoms with van der Waals surface area (Å²) in [5.41, 5.74) is 0.765. The number of aromatic nitrogens is 1. The van der Waals surface area contributed by atoms with Crippen molar-refractivity contribution < 1.29 is 13.6 Å². The van der Waals surface area contributed by atoms with Crippen molar-refractivity contribution in [3.8, 4) is 0 Å². The molecule has 0 atom stereocenters. The highest BCUT2D eigenvalue weighted by molar-refractivity contribution is 7.94. The average molecular weight is 317 g/mol. The molecule has 2 N–H and O–H groups in total. The summed E-state index contributed by atoms with van der Waals surface area (Å²) in [6.07, 6.45) is 0. The quantitative estimate of drug-likeness (QED) is 0.515. The number of anilines is 1. The Balaban J connectivity index is 2.24. The number of rotatable bonds is 4. The third-order valence-electron chi connectivity index (χ3n) is 2.23. The van der Waals surface area contributed by atoms with Gasteiger partial charge in [-0.2, -0.15) is 0 Å². The van der Waals surface area contributed by atoms with E-state index < -0.39 is 10.0 Å². The van der Waals surface area contributed by atoms with E-state index in [1.165, 1.54) is 11.3 Å². The highest BCUT2D eigenvalue weighted by Gasteiger charge is 2.18. The van der Waals surface area contributed by atoms with Gasteiger partial charge in [0.2, 0.25) is 0 Å². The van der Waals surface area contributed by atoms with Crippen molar-refractivity contribution in [3.63, 3.8) is 0 Å². The zero-order chi connectivity index (χ0) is 14.0. The highest BCUT2D eigenvalue weighted by Crippen LogP contribution is 2.25. The first-order valence-corrected chi connectivity index (χ1v) is 8.34. The lowest BCUT2D eigenvalue weighted by molar-refractivity contribution is 0.319. The molecule has 2 heterocycles. The number of hydrogen-bond donors (Lipinski definition) is 2. The minimum atomic E-state index is -3.60. The van der Waals surface area contributed by atoms with E-state index in [-0.39, 0.29) is 9.34 Å². The number of sulfonamides is 1. The van der Waals surface area contributed by atoms with Crippen LogP contribution in [0.15, 0.2) is 26.9 Å². The van der Waals surface area contributed by atoms with Gasteiger partial charge in [0.05, 0.1) is 0 Å². The van der Waals surface area contributed by atoms with Crippen molar-refractivity contribution in [2.45, 2.75) is 18.1 Å². The smallest absolute Gasteiger partial charge is 0.273 e. The highest BCUT2D eigenvalue weighted by atomic mass is 32.2. The zero-order valence-electron chi connectivity index (χ0n) is 10.1. The second kappa shape index (κ2) is 5.27. The molecule has 0 unspecified atom stereocenters. The van der Waals surface area contributed by atoms with Crippen LogP contribution in [0.1, 0.15) is 17.5 Å². The summed E-state index contributed by atoms with van der Waals surface area (Å²) in [5, 5.41) is 13.5. The number of thiazole rings is 1. The van der Waals surface area contributed by atoms with Gasteiger partial charge in [-0.25, -0.2) is 13.4 Å². The van der Waals surface area contributed by atoms with Crippen molar-refractivity contribution in [2.75, 3.05) is 4.72 Å². The summed E-state index contributed by atoms with van der Waals surface area (Å²) in [4.78, 5) is 4.96. The molecule has 0 saturated carbocycles. The maximum atomic E-state index is 12.0. The Labute approximate surface area is 118 Å². The Morgan fingerprint density at radius 1 is 1.47 bits per heavy atom. The predicted octanol–water partition coefficient (Wildman–Crippen LogP) is 2.51. The normalized spacial score (nSPS) is 12.6. The molecule has 0 radical (unpaired) electrons. The van der Waals surface area contributed by atoms with Gasteiger partial charge in [0.15, 0.2) is 5.13 Å². The fourth-order valence-electron chi connectivity index (χ4n) is 1.26. The third kappa shape index (κ3) is 3.11. The van der Waals surface area contributed by atoms with Crippen LogP contribution in [0.3, 0.4) is 0 Å². The summed E-state index contributed by atoms with van der Waals surface area (Å²) in [6.45, 7) is 3.42. The predicted molar refractivity (Wildman–Crippen MR) is 76.0 cm³/mol. The van der Waals surface area contributed by atoms with Crippen molar-refractivity contribution in [1.29, 1.82) is 0 Å². The molecule has 9 heteroatoms. The maximum Gasteiger partial charge on any atom is 0.273 e. The standard InChI is InChI=1S/C10H11N3O3S3/c1-6-3-4-9(18-6)19(15,16)13-10-11-8(5-17-10)7(2)12-14/h3-5,14H,1-2H3,(H,11,13). The molecule has 2 aromatic rings. The Morgan fingerprint density at radius 3 is 2.79 bits per heavy atom. The molecule has 6 nitrogen and oxygen atoms in total. The molecule has 0 aliphatic heterocycles. The maximum absolute atomic E-state index is 12.0. The minimum absolute atomic E-state index is 0.240. The van der Waals surface area contributed by atoms with Crippen LogP contribution in [-0.2, 0) is 10.0 Å². The van der Waals surface area contributed by atoms with Crippen LogP contribution in [0.4, 0.5) is 5.13 Å². The van der Waals surface area contributed by atoms with E-state index >= 15 is 0 Å². The summed E-state index contributed by atoms with van der Waals surface area (Å²) < 4.78 is 26.7. The van der Waals surface area contributed by atoms with E-state index in [0.29, 0.717) is 11.4 Å². The fraction of sp³-hybridized carbons (Fsp3) is 0.200. The van der Waals surface area contributed by atoms with Gasteiger partial charge < -0.3 is 5.21 Å². The molecule has 0 amide bonds. The Kier molecular flexibility index (Phi) is 3.88. The molecule has 19 heavy (non-hydrogen) atoms. The van der Waals surface area contributed by atoms with E-state index in [4.69, 9.17) is 5.21 Å². The molecule has 0 spiro atoms. The second-order valence-corrected chi connectivity index (χ2v) is 7.75. The molecule has 2 aromatic heterocycles. The SMILES string of the molecule is CC(=NO)c1csc(NS(=O)(=O)c2ccc(C)s2)n1. The number of nitrogens with zero attached hydrogens (tertiary/aromatic N) is 2. The summed E-state index contributed by atoms with van der Waals surface area (Å²) >= 11 is 2.33. The molecule has 2 rings (SSSR count). The van der Waals surface area contributed by atoms with Gasteiger partial charge in [0.25, 0.3) is 10.0 Å². The summed E-state index contributed by atoms with van der Waals surface area (Å²) in [6, 6.07) is 3.30. The lowest BCUT2D eigenvalue weighted by atomic mass is 10.3. The van der Waals surface area contributed by atoms with Gasteiger partial charge in [0, 0.05) is 10.3 Å². The van der Waals surface area contributed by atoms with Crippen LogP contribution >= 0.6 is 22.7 Å². The lowest BCUT2D eigenvalue weighted by Crippen LogP contribution is -2.11. The number of hydrogen-bond acceptors (Lipinski definition) is 7. The first-order valence-electron chi connectivity index (χ1n) is 5.16. The monoisotopic (exact) mass is 317 g/mol. The molecule has 0 saturated heterocycles. The van der Waals surface area contributed by atoms with Gasteiger partial charge in [-0.05, 0) is 26.0 Å². The molecule has 0 aliphatic rings. The van der Waals surface area contributed by atoms with E-state index in [1.807, 2.05) is 6.92 Å². The van der Waals surface area contributed by atoms with E-state index in [0.717, 1.165) is 16.2 Å². The third-order valence-corrected chi connectivity index (χ3v) is 5.95. The van der Waals surface area contributed by atoms with Crippen LogP contribution in [0.25, 0.3) is 0 Å². The van der Waals surface area contributed by atoms with Gasteiger partial charge in [-0.1, -0.05) is 5.16 Å². The van der Waals surface area contributed by atoms with Crippen LogP contribution in [0.2, 0.25) is 0 Å². The van der Waals surface area contributed by atoms with Crippen LogP contribution < -0.4 is 4.72 Å². The molecule has 0 aliphatic carbocycles. The molecular formula is C10H11N3O3S3. The van der Waals surface area contributed by atoms with Gasteiger partial charge in [-0.3, -0.25) is 4.72 Å². The molecule has 0 aromatic carbocycles. The van der Waals surface area contributed by atoms with Crippen LogP contribution in [-0.4, -0.2) is 24.3 Å².